The van der Waals surface area contributed by atoms with Gasteiger partial charge in [0.05, 0.1) is 17.9 Å². The second-order valence-corrected chi connectivity index (χ2v) is 2.42. The fourth-order valence-corrected chi connectivity index (χ4v) is 0.992. The highest BCUT2D eigenvalue weighted by Crippen LogP contribution is 2.16. The Balaban J connectivity index is 3.07. The normalized spacial score (nSPS) is 9.33. The van der Waals surface area contributed by atoms with Gasteiger partial charge in [-0.15, -0.1) is 0 Å². The van der Waals surface area contributed by atoms with E-state index in [9.17, 15) is 0 Å². The van der Waals surface area contributed by atoms with Crippen molar-refractivity contribution in [2.24, 2.45) is 0 Å². The molecular weight excluding hydrogens is 152 g/mol. The maximum atomic E-state index is 8.64. The fraction of sp³-hybridized carbons (Fsp3) is 0.222. The molecule has 62 valence electrons. The van der Waals surface area contributed by atoms with E-state index in [1.807, 2.05) is 12.1 Å². The predicted molar refractivity (Wildman–Crippen MR) is 46.3 cm³/mol. The van der Waals surface area contributed by atoms with E-state index in [0.29, 0.717) is 17.9 Å². The van der Waals surface area contributed by atoms with Gasteiger partial charge in [0.25, 0.3) is 0 Å². The molecule has 0 fully saturated rings. The molecular formula is C9H10N2O. The molecule has 0 saturated carbocycles. The average molecular weight is 162 g/mol. The lowest BCUT2D eigenvalue weighted by atomic mass is 10.1. The van der Waals surface area contributed by atoms with Crippen molar-refractivity contribution in [1.82, 2.24) is 0 Å². The third-order valence-corrected chi connectivity index (χ3v) is 1.62. The lowest BCUT2D eigenvalue weighted by Crippen LogP contribution is -1.98. The fourth-order valence-electron chi connectivity index (χ4n) is 0.992. The Bertz CT molecular complexity index is 315. The number of rotatable bonds is 2. The second-order valence-electron chi connectivity index (χ2n) is 2.42. The van der Waals surface area contributed by atoms with Gasteiger partial charge in [-0.25, -0.2) is 0 Å². The van der Waals surface area contributed by atoms with Crippen molar-refractivity contribution in [2.45, 2.75) is 6.61 Å². The molecule has 0 amide bonds. The van der Waals surface area contributed by atoms with Crippen molar-refractivity contribution in [3.05, 3.63) is 29.3 Å². The van der Waals surface area contributed by atoms with Gasteiger partial charge in [-0.3, -0.25) is 0 Å². The maximum Gasteiger partial charge on any atom is 0.101 e. The molecule has 12 heavy (non-hydrogen) atoms. The molecule has 0 aromatic heterocycles. The van der Waals surface area contributed by atoms with Gasteiger partial charge >= 0.3 is 0 Å². The highest BCUT2D eigenvalue weighted by atomic mass is 16.5. The van der Waals surface area contributed by atoms with Crippen LogP contribution in [0.3, 0.4) is 0 Å². The summed E-state index contributed by atoms with van der Waals surface area (Å²) >= 11 is 0. The zero-order valence-electron chi connectivity index (χ0n) is 6.87. The smallest absolute Gasteiger partial charge is 0.101 e. The summed E-state index contributed by atoms with van der Waals surface area (Å²) in [5, 5.41) is 8.64. The van der Waals surface area contributed by atoms with Gasteiger partial charge in [-0.2, -0.15) is 5.26 Å². The monoisotopic (exact) mass is 162 g/mol. The topological polar surface area (TPSA) is 59.0 Å². The molecule has 1 aromatic rings. The molecule has 0 aliphatic carbocycles. The SMILES string of the molecule is COCc1cccc(C#N)c1N. The van der Waals surface area contributed by atoms with Gasteiger partial charge in [0.2, 0.25) is 0 Å². The number of ether oxygens (including phenoxy) is 1. The van der Waals surface area contributed by atoms with E-state index >= 15 is 0 Å². The van der Waals surface area contributed by atoms with E-state index in [4.69, 9.17) is 15.7 Å². The van der Waals surface area contributed by atoms with Gasteiger partial charge in [-0.05, 0) is 6.07 Å². The number of nitrogens with zero attached hydrogens (tertiary/aromatic N) is 1. The van der Waals surface area contributed by atoms with Crippen molar-refractivity contribution >= 4 is 5.69 Å². The van der Waals surface area contributed by atoms with E-state index in [-0.39, 0.29) is 0 Å². The van der Waals surface area contributed by atoms with Crippen LogP contribution in [0, 0.1) is 11.3 Å². The van der Waals surface area contributed by atoms with Crippen molar-refractivity contribution in [2.75, 3.05) is 12.8 Å². The van der Waals surface area contributed by atoms with E-state index in [1.165, 1.54) is 0 Å². The van der Waals surface area contributed by atoms with E-state index in [0.717, 1.165) is 5.56 Å². The van der Waals surface area contributed by atoms with Crippen LogP contribution < -0.4 is 5.73 Å². The first-order valence-electron chi connectivity index (χ1n) is 3.56. The van der Waals surface area contributed by atoms with Crippen LogP contribution >= 0.6 is 0 Å². The largest absolute Gasteiger partial charge is 0.397 e. The zero-order valence-corrected chi connectivity index (χ0v) is 6.87. The molecule has 1 rings (SSSR count). The quantitative estimate of drug-likeness (QED) is 0.666. The third-order valence-electron chi connectivity index (χ3n) is 1.62. The molecule has 1 aromatic carbocycles. The third kappa shape index (κ3) is 1.55. The van der Waals surface area contributed by atoms with Crippen LogP contribution in [-0.4, -0.2) is 7.11 Å². The summed E-state index contributed by atoms with van der Waals surface area (Å²) in [7, 11) is 1.60. The first kappa shape index (κ1) is 8.57. The summed E-state index contributed by atoms with van der Waals surface area (Å²) in [4.78, 5) is 0. The molecule has 0 unspecified atom stereocenters. The number of benzene rings is 1. The van der Waals surface area contributed by atoms with Gasteiger partial charge in [0.1, 0.15) is 6.07 Å². The summed E-state index contributed by atoms with van der Waals surface area (Å²) in [6, 6.07) is 7.34. The number of anilines is 1. The molecule has 0 atom stereocenters. The average Bonchev–Trinajstić information content (AvgIpc) is 2.09. The molecule has 0 spiro atoms. The zero-order chi connectivity index (χ0) is 8.97. The molecule has 0 aliphatic heterocycles. The Morgan fingerprint density at radius 3 is 2.92 bits per heavy atom. The summed E-state index contributed by atoms with van der Waals surface area (Å²) in [6.45, 7) is 0.446. The van der Waals surface area contributed by atoms with Gasteiger partial charge in [-0.1, -0.05) is 12.1 Å². The summed E-state index contributed by atoms with van der Waals surface area (Å²) in [5.74, 6) is 0. The minimum absolute atomic E-state index is 0.446. The van der Waals surface area contributed by atoms with Gasteiger partial charge in [0.15, 0.2) is 0 Å². The van der Waals surface area contributed by atoms with Gasteiger partial charge < -0.3 is 10.5 Å². The molecule has 2 N–H and O–H groups in total. The van der Waals surface area contributed by atoms with Crippen molar-refractivity contribution in [1.29, 1.82) is 5.26 Å². The molecule has 3 nitrogen and oxygen atoms in total. The number of methoxy groups -OCH3 is 1. The van der Waals surface area contributed by atoms with Crippen molar-refractivity contribution < 1.29 is 4.74 Å². The minimum Gasteiger partial charge on any atom is -0.397 e. The first-order valence-corrected chi connectivity index (χ1v) is 3.56. The molecule has 0 saturated heterocycles. The van der Waals surface area contributed by atoms with E-state index in [2.05, 4.69) is 0 Å². The van der Waals surface area contributed by atoms with E-state index < -0.39 is 0 Å². The maximum absolute atomic E-state index is 8.64. The summed E-state index contributed by atoms with van der Waals surface area (Å²) in [5.41, 5.74) is 7.56. The van der Waals surface area contributed by atoms with Crippen LogP contribution in [0.4, 0.5) is 5.69 Å². The van der Waals surface area contributed by atoms with E-state index in [1.54, 1.807) is 19.2 Å². The number of hydrogen-bond acceptors (Lipinski definition) is 3. The van der Waals surface area contributed by atoms with Crippen LogP contribution in [-0.2, 0) is 11.3 Å². The predicted octanol–water partition coefficient (Wildman–Crippen LogP) is 1.29. The highest BCUT2D eigenvalue weighted by Gasteiger charge is 2.02. The number of hydrogen-bond donors (Lipinski definition) is 1. The number of nitrogens with two attached hydrogens (primary N) is 1. The first-order chi connectivity index (χ1) is 5.79. The van der Waals surface area contributed by atoms with Crippen LogP contribution in [0.5, 0.6) is 0 Å². The standard InChI is InChI=1S/C9H10N2O/c1-12-6-8-4-2-3-7(5-10)9(8)11/h2-4H,6,11H2,1H3. The van der Waals surface area contributed by atoms with Crippen LogP contribution in [0.25, 0.3) is 0 Å². The summed E-state index contributed by atoms with van der Waals surface area (Å²) < 4.78 is 4.92. The Morgan fingerprint density at radius 2 is 2.33 bits per heavy atom. The number of nitrogen functional groups attached to an aromatic ring is 1. The molecule has 3 heteroatoms. The van der Waals surface area contributed by atoms with Crippen LogP contribution in [0.15, 0.2) is 18.2 Å². The lowest BCUT2D eigenvalue weighted by molar-refractivity contribution is 0.185. The Hall–Kier alpha value is -1.53. The molecule has 0 bridgehead atoms. The van der Waals surface area contributed by atoms with Gasteiger partial charge in [0, 0.05) is 12.7 Å². The van der Waals surface area contributed by atoms with Crippen molar-refractivity contribution in [3.8, 4) is 6.07 Å². The molecule has 0 aliphatic rings. The summed E-state index contributed by atoms with van der Waals surface area (Å²) in [6.07, 6.45) is 0. The minimum atomic E-state index is 0.446. The van der Waals surface area contributed by atoms with Crippen molar-refractivity contribution in [3.63, 3.8) is 0 Å². The number of para-hydroxylation sites is 1. The molecule has 0 radical (unpaired) electrons. The highest BCUT2D eigenvalue weighted by molar-refractivity contribution is 5.58. The van der Waals surface area contributed by atoms with Crippen LogP contribution in [0.1, 0.15) is 11.1 Å². The second kappa shape index (κ2) is 3.74. The Morgan fingerprint density at radius 1 is 1.58 bits per heavy atom. The Labute approximate surface area is 71.4 Å². The lowest BCUT2D eigenvalue weighted by Gasteiger charge is -2.04. The Kier molecular flexibility index (Phi) is 2.67. The van der Waals surface area contributed by atoms with Crippen LogP contribution in [0.2, 0.25) is 0 Å². The molecule has 0 heterocycles. The number of nitriles is 1.